The molecule has 0 aromatic heterocycles. The van der Waals surface area contributed by atoms with Crippen LogP contribution in [0.25, 0.3) is 0 Å². The zero-order valence-electron chi connectivity index (χ0n) is 7.83. The van der Waals surface area contributed by atoms with Gasteiger partial charge >= 0.3 is 0 Å². The molecule has 1 aliphatic heterocycles. The number of benzene rings is 1. The molecule has 1 fully saturated rings. The Balaban J connectivity index is 2.21. The van der Waals surface area contributed by atoms with Crippen LogP contribution in [0.3, 0.4) is 0 Å². The molecule has 1 saturated heterocycles. The lowest BCUT2D eigenvalue weighted by molar-refractivity contribution is 0.456. The summed E-state index contributed by atoms with van der Waals surface area (Å²) in [5, 5.41) is 13.0. The Hall–Kier alpha value is -1.02. The molecule has 0 spiro atoms. The number of phenols is 1. The molecule has 0 bridgehead atoms. The Morgan fingerprint density at radius 1 is 1.38 bits per heavy atom. The molecule has 2 heteroatoms. The number of rotatable bonds is 1. The van der Waals surface area contributed by atoms with Gasteiger partial charge in [0.25, 0.3) is 0 Å². The predicted octanol–water partition coefficient (Wildman–Crippen LogP) is 2.06. The van der Waals surface area contributed by atoms with Crippen molar-refractivity contribution in [3.63, 3.8) is 0 Å². The van der Waals surface area contributed by atoms with Crippen molar-refractivity contribution in [1.29, 1.82) is 0 Å². The first-order valence-electron chi connectivity index (χ1n) is 4.78. The number of aromatic hydroxyl groups is 1. The quantitative estimate of drug-likeness (QED) is 0.688. The second-order valence-corrected chi connectivity index (χ2v) is 3.86. The van der Waals surface area contributed by atoms with Crippen LogP contribution in [0.1, 0.15) is 24.9 Å². The van der Waals surface area contributed by atoms with Crippen molar-refractivity contribution < 1.29 is 5.11 Å². The van der Waals surface area contributed by atoms with Gasteiger partial charge in [-0.3, -0.25) is 0 Å². The van der Waals surface area contributed by atoms with Crippen molar-refractivity contribution in [2.45, 2.75) is 19.4 Å². The van der Waals surface area contributed by atoms with Crippen molar-refractivity contribution in [2.24, 2.45) is 5.92 Å². The molecular weight excluding hydrogens is 162 g/mol. The molecule has 1 heterocycles. The number of phenolic OH excluding ortho intramolecular Hbond substituents is 1. The maximum atomic E-state index is 9.62. The molecule has 2 atom stereocenters. The van der Waals surface area contributed by atoms with E-state index in [2.05, 4.69) is 12.2 Å². The topological polar surface area (TPSA) is 32.3 Å². The molecule has 0 saturated carbocycles. The fraction of sp³-hybridized carbons (Fsp3) is 0.455. The molecule has 0 aliphatic carbocycles. The molecule has 0 unspecified atom stereocenters. The standard InChI is InChI=1S/C11H15NO/c1-8-6-10(12-7-8)9-4-2-3-5-11(9)13/h2-5,8,10,12-13H,6-7H2,1H3/t8-,10-/m0/s1. The highest BCUT2D eigenvalue weighted by atomic mass is 16.3. The van der Waals surface area contributed by atoms with Crippen molar-refractivity contribution in [1.82, 2.24) is 5.32 Å². The number of para-hydroxylation sites is 1. The van der Waals surface area contributed by atoms with E-state index in [1.54, 1.807) is 6.07 Å². The van der Waals surface area contributed by atoms with Gasteiger partial charge in [0.2, 0.25) is 0 Å². The average Bonchev–Trinajstić information content (AvgIpc) is 2.53. The Bertz CT molecular complexity index is 298. The molecule has 0 amide bonds. The number of hydrogen-bond donors (Lipinski definition) is 2. The van der Waals surface area contributed by atoms with Crippen LogP contribution in [0.15, 0.2) is 24.3 Å². The Morgan fingerprint density at radius 3 is 2.77 bits per heavy atom. The normalized spacial score (nSPS) is 27.8. The number of nitrogens with one attached hydrogen (secondary N) is 1. The third-order valence-corrected chi connectivity index (χ3v) is 2.66. The van der Waals surface area contributed by atoms with Crippen LogP contribution in [0, 0.1) is 5.92 Å². The third kappa shape index (κ3) is 1.68. The van der Waals surface area contributed by atoms with Gasteiger partial charge in [-0.2, -0.15) is 0 Å². The van der Waals surface area contributed by atoms with E-state index in [4.69, 9.17) is 0 Å². The minimum absolute atomic E-state index is 0.344. The summed E-state index contributed by atoms with van der Waals surface area (Å²) >= 11 is 0. The van der Waals surface area contributed by atoms with Gasteiger partial charge < -0.3 is 10.4 Å². The first-order valence-corrected chi connectivity index (χ1v) is 4.78. The van der Waals surface area contributed by atoms with Gasteiger partial charge in [0.05, 0.1) is 0 Å². The monoisotopic (exact) mass is 177 g/mol. The van der Waals surface area contributed by atoms with Crippen LogP contribution >= 0.6 is 0 Å². The fourth-order valence-corrected chi connectivity index (χ4v) is 1.93. The first-order chi connectivity index (χ1) is 6.27. The van der Waals surface area contributed by atoms with Gasteiger partial charge in [-0.1, -0.05) is 25.1 Å². The van der Waals surface area contributed by atoms with Crippen LogP contribution < -0.4 is 5.32 Å². The summed E-state index contributed by atoms with van der Waals surface area (Å²) in [6, 6.07) is 7.92. The highest BCUT2D eigenvalue weighted by Gasteiger charge is 2.23. The van der Waals surface area contributed by atoms with E-state index in [-0.39, 0.29) is 0 Å². The van der Waals surface area contributed by atoms with Gasteiger partial charge in [-0.25, -0.2) is 0 Å². The second kappa shape index (κ2) is 3.38. The maximum Gasteiger partial charge on any atom is 0.120 e. The zero-order chi connectivity index (χ0) is 9.26. The Labute approximate surface area is 78.6 Å². The lowest BCUT2D eigenvalue weighted by Crippen LogP contribution is -2.13. The van der Waals surface area contributed by atoms with Gasteiger partial charge in [0, 0.05) is 11.6 Å². The van der Waals surface area contributed by atoms with Crippen LogP contribution in [0.2, 0.25) is 0 Å². The minimum Gasteiger partial charge on any atom is -0.508 e. The molecule has 2 rings (SSSR count). The summed E-state index contributed by atoms with van der Waals surface area (Å²) in [4.78, 5) is 0. The summed E-state index contributed by atoms with van der Waals surface area (Å²) in [5.74, 6) is 1.12. The minimum atomic E-state index is 0.344. The van der Waals surface area contributed by atoms with Crippen molar-refractivity contribution in [3.05, 3.63) is 29.8 Å². The van der Waals surface area contributed by atoms with E-state index in [1.165, 1.54) is 0 Å². The van der Waals surface area contributed by atoms with Crippen LogP contribution in [0.4, 0.5) is 0 Å². The fourth-order valence-electron chi connectivity index (χ4n) is 1.93. The SMILES string of the molecule is C[C@@H]1CN[C@H](c2ccccc2O)C1. The van der Waals surface area contributed by atoms with Crippen molar-refractivity contribution in [3.8, 4) is 5.75 Å². The molecule has 1 aliphatic rings. The largest absolute Gasteiger partial charge is 0.508 e. The van der Waals surface area contributed by atoms with E-state index in [0.717, 1.165) is 18.5 Å². The van der Waals surface area contributed by atoms with Crippen LogP contribution in [0.5, 0.6) is 5.75 Å². The molecule has 0 radical (unpaired) electrons. The van der Waals surface area contributed by atoms with Gasteiger partial charge in [-0.15, -0.1) is 0 Å². The molecular formula is C11H15NO. The summed E-state index contributed by atoms with van der Waals surface area (Å²) in [6.07, 6.45) is 1.12. The van der Waals surface area contributed by atoms with E-state index < -0.39 is 0 Å². The molecule has 1 aromatic carbocycles. The third-order valence-electron chi connectivity index (χ3n) is 2.66. The second-order valence-electron chi connectivity index (χ2n) is 3.86. The molecule has 13 heavy (non-hydrogen) atoms. The lowest BCUT2D eigenvalue weighted by atomic mass is 10.0. The van der Waals surface area contributed by atoms with Gasteiger partial charge in [0.1, 0.15) is 5.75 Å². The summed E-state index contributed by atoms with van der Waals surface area (Å²) < 4.78 is 0. The van der Waals surface area contributed by atoms with E-state index in [0.29, 0.717) is 17.7 Å². The van der Waals surface area contributed by atoms with Crippen LogP contribution in [-0.2, 0) is 0 Å². The number of hydrogen-bond acceptors (Lipinski definition) is 2. The smallest absolute Gasteiger partial charge is 0.120 e. The average molecular weight is 177 g/mol. The molecule has 2 N–H and O–H groups in total. The highest BCUT2D eigenvalue weighted by molar-refractivity contribution is 5.35. The van der Waals surface area contributed by atoms with Crippen molar-refractivity contribution in [2.75, 3.05) is 6.54 Å². The molecule has 1 aromatic rings. The zero-order valence-corrected chi connectivity index (χ0v) is 7.83. The van der Waals surface area contributed by atoms with Crippen LogP contribution in [-0.4, -0.2) is 11.7 Å². The van der Waals surface area contributed by atoms with Gasteiger partial charge in [0.15, 0.2) is 0 Å². The van der Waals surface area contributed by atoms with E-state index in [9.17, 15) is 5.11 Å². The lowest BCUT2D eigenvalue weighted by Gasteiger charge is -2.11. The summed E-state index contributed by atoms with van der Waals surface area (Å²) in [5.41, 5.74) is 1.03. The Kier molecular flexibility index (Phi) is 2.23. The highest BCUT2D eigenvalue weighted by Crippen LogP contribution is 2.31. The summed E-state index contributed by atoms with van der Waals surface area (Å²) in [6.45, 7) is 3.28. The van der Waals surface area contributed by atoms with E-state index in [1.807, 2.05) is 18.2 Å². The molecule has 2 nitrogen and oxygen atoms in total. The van der Waals surface area contributed by atoms with Crippen molar-refractivity contribution >= 4 is 0 Å². The summed E-state index contributed by atoms with van der Waals surface area (Å²) in [7, 11) is 0. The first kappa shape index (κ1) is 8.57. The van der Waals surface area contributed by atoms with Gasteiger partial charge in [-0.05, 0) is 24.9 Å². The Morgan fingerprint density at radius 2 is 2.15 bits per heavy atom. The van der Waals surface area contributed by atoms with E-state index >= 15 is 0 Å². The maximum absolute atomic E-state index is 9.62. The predicted molar refractivity (Wildman–Crippen MR) is 52.6 cm³/mol. The molecule has 70 valence electrons.